The number of allylic oxidation sites excluding steroid dienone is 2. The topological polar surface area (TPSA) is 12.0 Å². The molecule has 0 saturated carbocycles. The molecule has 21 heavy (non-hydrogen) atoms. The molecule has 0 fully saturated rings. The minimum atomic E-state index is 0.415. The first kappa shape index (κ1) is 13.4. The van der Waals surface area contributed by atoms with Crippen LogP contribution in [0.25, 0.3) is 0 Å². The Morgan fingerprint density at radius 3 is 2.71 bits per heavy atom. The second kappa shape index (κ2) is 5.16. The van der Waals surface area contributed by atoms with Crippen molar-refractivity contribution < 1.29 is 0 Å². The highest BCUT2D eigenvalue weighted by Gasteiger charge is 2.37. The number of hydrogen-bond donors (Lipinski definition) is 1. The molecule has 0 amide bonds. The van der Waals surface area contributed by atoms with E-state index >= 15 is 0 Å². The van der Waals surface area contributed by atoms with Crippen LogP contribution < -0.4 is 5.32 Å². The fourth-order valence-electron chi connectivity index (χ4n) is 3.67. The summed E-state index contributed by atoms with van der Waals surface area (Å²) in [6.07, 6.45) is 5.93. The van der Waals surface area contributed by atoms with Crippen molar-refractivity contribution in [2.24, 2.45) is 5.92 Å². The summed E-state index contributed by atoms with van der Waals surface area (Å²) in [6.45, 7) is 2.15. The van der Waals surface area contributed by atoms with Gasteiger partial charge in [0.15, 0.2) is 0 Å². The normalized spacial score (nSPS) is 26.1. The van der Waals surface area contributed by atoms with Crippen molar-refractivity contribution in [2.45, 2.75) is 25.3 Å². The lowest BCUT2D eigenvalue weighted by molar-refractivity contribution is 0.425. The molecule has 0 bridgehead atoms. The molecule has 1 nitrogen and oxygen atoms in total. The molecule has 4 rings (SSSR count). The first-order valence-electron chi connectivity index (χ1n) is 7.51. The Hall–Kier alpha value is -1.29. The van der Waals surface area contributed by atoms with Crippen LogP contribution in [-0.4, -0.2) is 0 Å². The van der Waals surface area contributed by atoms with Gasteiger partial charge in [-0.05, 0) is 71.2 Å². The highest BCUT2D eigenvalue weighted by atomic mass is 127. The van der Waals surface area contributed by atoms with E-state index in [2.05, 4.69) is 89.4 Å². The highest BCUT2D eigenvalue weighted by molar-refractivity contribution is 14.1. The molecule has 2 aromatic carbocycles. The molecule has 0 aromatic heterocycles. The molecular weight excluding hydrogens is 369 g/mol. The van der Waals surface area contributed by atoms with Crippen LogP contribution >= 0.6 is 22.6 Å². The molecule has 1 heterocycles. The maximum atomic E-state index is 3.79. The zero-order valence-corrected chi connectivity index (χ0v) is 14.2. The van der Waals surface area contributed by atoms with Gasteiger partial charge in [-0.1, -0.05) is 42.0 Å². The number of anilines is 1. The summed E-state index contributed by atoms with van der Waals surface area (Å²) in [5.41, 5.74) is 5.49. The minimum absolute atomic E-state index is 0.415. The van der Waals surface area contributed by atoms with Crippen molar-refractivity contribution in [1.82, 2.24) is 0 Å². The van der Waals surface area contributed by atoms with Gasteiger partial charge >= 0.3 is 0 Å². The maximum Gasteiger partial charge on any atom is 0.0553 e. The Labute approximate surface area is 139 Å². The third kappa shape index (κ3) is 2.30. The second-order valence-corrected chi connectivity index (χ2v) is 7.36. The van der Waals surface area contributed by atoms with Gasteiger partial charge in [-0.3, -0.25) is 0 Å². The van der Waals surface area contributed by atoms with Crippen LogP contribution in [0.1, 0.15) is 35.1 Å². The Balaban J connectivity index is 1.78. The van der Waals surface area contributed by atoms with Crippen molar-refractivity contribution in [1.29, 1.82) is 0 Å². The third-order valence-electron chi connectivity index (χ3n) is 4.76. The highest BCUT2D eigenvalue weighted by Crippen LogP contribution is 2.49. The molecule has 2 heteroatoms. The molecule has 1 N–H and O–H groups in total. The summed E-state index contributed by atoms with van der Waals surface area (Å²) < 4.78 is 1.32. The molecule has 1 aliphatic carbocycles. The molecule has 3 unspecified atom stereocenters. The lowest BCUT2D eigenvalue weighted by Gasteiger charge is -2.37. The zero-order chi connectivity index (χ0) is 14.4. The van der Waals surface area contributed by atoms with Crippen LogP contribution in [0, 0.1) is 16.4 Å². The molecule has 2 aliphatic rings. The Morgan fingerprint density at radius 2 is 1.90 bits per heavy atom. The standard InChI is InChI=1S/C19H18IN/c1-12-5-7-13(8-6-12)19-16-4-2-3-15(16)17-11-14(20)9-10-18(17)21-19/h2-3,5-11,15-16,19,21H,4H2,1H3. The Kier molecular flexibility index (Phi) is 3.29. The smallest absolute Gasteiger partial charge is 0.0553 e. The summed E-state index contributed by atoms with van der Waals surface area (Å²) >= 11 is 2.41. The lowest BCUT2D eigenvalue weighted by atomic mass is 9.77. The predicted octanol–water partition coefficient (Wildman–Crippen LogP) is 5.43. The zero-order valence-electron chi connectivity index (χ0n) is 12.0. The van der Waals surface area contributed by atoms with Gasteiger partial charge in [-0.25, -0.2) is 0 Å². The summed E-state index contributed by atoms with van der Waals surface area (Å²) in [4.78, 5) is 0. The number of aryl methyl sites for hydroxylation is 1. The van der Waals surface area contributed by atoms with Crippen molar-refractivity contribution in [3.63, 3.8) is 0 Å². The summed E-state index contributed by atoms with van der Waals surface area (Å²) in [7, 11) is 0. The number of benzene rings is 2. The first-order chi connectivity index (χ1) is 10.2. The largest absolute Gasteiger partial charge is 0.378 e. The molecule has 1 aliphatic heterocycles. The number of fused-ring (bicyclic) bond motifs is 3. The van der Waals surface area contributed by atoms with Crippen LogP contribution in [0.5, 0.6) is 0 Å². The van der Waals surface area contributed by atoms with Crippen LogP contribution in [0.15, 0.2) is 54.6 Å². The molecule has 0 spiro atoms. The quantitative estimate of drug-likeness (QED) is 0.509. The van der Waals surface area contributed by atoms with Crippen molar-refractivity contribution >= 4 is 28.3 Å². The van der Waals surface area contributed by atoms with Gasteiger partial charge in [0, 0.05) is 15.2 Å². The molecule has 3 atom stereocenters. The van der Waals surface area contributed by atoms with E-state index in [0.29, 0.717) is 17.9 Å². The van der Waals surface area contributed by atoms with E-state index in [-0.39, 0.29) is 0 Å². The molecule has 0 radical (unpaired) electrons. The van der Waals surface area contributed by atoms with E-state index in [1.165, 1.54) is 32.4 Å². The van der Waals surface area contributed by atoms with Crippen LogP contribution in [0.4, 0.5) is 5.69 Å². The third-order valence-corrected chi connectivity index (χ3v) is 5.43. The van der Waals surface area contributed by atoms with E-state index in [9.17, 15) is 0 Å². The predicted molar refractivity (Wildman–Crippen MR) is 96.7 cm³/mol. The van der Waals surface area contributed by atoms with E-state index in [1.807, 2.05) is 0 Å². The summed E-state index contributed by atoms with van der Waals surface area (Å²) in [5, 5.41) is 3.79. The lowest BCUT2D eigenvalue weighted by Crippen LogP contribution is -2.29. The van der Waals surface area contributed by atoms with Gasteiger partial charge in [0.1, 0.15) is 0 Å². The van der Waals surface area contributed by atoms with Crippen LogP contribution in [0.2, 0.25) is 0 Å². The monoisotopic (exact) mass is 387 g/mol. The van der Waals surface area contributed by atoms with Crippen LogP contribution in [0.3, 0.4) is 0 Å². The van der Waals surface area contributed by atoms with E-state index < -0.39 is 0 Å². The average Bonchev–Trinajstić information content (AvgIpc) is 2.97. The fourth-order valence-corrected chi connectivity index (χ4v) is 4.18. The van der Waals surface area contributed by atoms with Gasteiger partial charge in [0.2, 0.25) is 0 Å². The number of halogens is 1. The second-order valence-electron chi connectivity index (χ2n) is 6.12. The molecular formula is C19H18IN. The van der Waals surface area contributed by atoms with Crippen molar-refractivity contribution in [2.75, 3.05) is 5.32 Å². The van der Waals surface area contributed by atoms with Gasteiger partial charge in [-0.2, -0.15) is 0 Å². The molecule has 0 saturated heterocycles. The first-order valence-corrected chi connectivity index (χ1v) is 8.59. The minimum Gasteiger partial charge on any atom is -0.378 e. The Morgan fingerprint density at radius 1 is 1.10 bits per heavy atom. The van der Waals surface area contributed by atoms with Gasteiger partial charge in [-0.15, -0.1) is 0 Å². The fraction of sp³-hybridized carbons (Fsp3) is 0.263. The van der Waals surface area contributed by atoms with Gasteiger partial charge in [0.25, 0.3) is 0 Å². The van der Waals surface area contributed by atoms with Gasteiger partial charge in [0.05, 0.1) is 6.04 Å². The Bertz CT molecular complexity index is 702. The number of nitrogens with one attached hydrogen (secondary N) is 1. The van der Waals surface area contributed by atoms with E-state index in [4.69, 9.17) is 0 Å². The van der Waals surface area contributed by atoms with Gasteiger partial charge < -0.3 is 5.32 Å². The SMILES string of the molecule is Cc1ccc(C2Nc3ccc(I)cc3C3C=CCC32)cc1. The van der Waals surface area contributed by atoms with E-state index in [1.54, 1.807) is 0 Å². The summed E-state index contributed by atoms with van der Waals surface area (Å²) in [5.74, 6) is 1.20. The van der Waals surface area contributed by atoms with E-state index in [0.717, 1.165) is 0 Å². The maximum absolute atomic E-state index is 3.79. The average molecular weight is 387 g/mol. The molecule has 2 aromatic rings. The number of rotatable bonds is 1. The van der Waals surface area contributed by atoms with Crippen LogP contribution in [-0.2, 0) is 0 Å². The van der Waals surface area contributed by atoms with Crippen molar-refractivity contribution in [3.8, 4) is 0 Å². The summed E-state index contributed by atoms with van der Waals surface area (Å²) in [6, 6.07) is 16.2. The van der Waals surface area contributed by atoms with Crippen molar-refractivity contribution in [3.05, 3.63) is 74.9 Å². The molecule has 106 valence electrons. The number of hydrogen-bond acceptors (Lipinski definition) is 1.